The number of amides is 2. The Morgan fingerprint density at radius 3 is 2.33 bits per heavy atom. The van der Waals surface area contributed by atoms with Crippen LogP contribution in [0.1, 0.15) is 32.4 Å². The second-order valence-corrected chi connectivity index (χ2v) is 3.82. The Balaban J connectivity index is 2.38. The van der Waals surface area contributed by atoms with Crippen LogP contribution < -0.4 is 5.32 Å². The number of carbonyl (C=O) groups excluding carboxylic acids is 2. The van der Waals surface area contributed by atoms with E-state index in [9.17, 15) is 24.6 Å². The molecule has 0 saturated carbocycles. The fraction of sp³-hybridized carbons (Fsp3) is 0.182. The van der Waals surface area contributed by atoms with E-state index in [4.69, 9.17) is 5.11 Å². The second kappa shape index (κ2) is 4.21. The quantitative estimate of drug-likeness (QED) is 0.513. The molecule has 1 aromatic rings. The number of imide groups is 1. The minimum Gasteiger partial charge on any atom is -0.479 e. The molecule has 2 atom stereocenters. The van der Waals surface area contributed by atoms with Crippen LogP contribution in [0.5, 0.6) is 0 Å². The van der Waals surface area contributed by atoms with Gasteiger partial charge < -0.3 is 15.3 Å². The Kier molecular flexibility index (Phi) is 2.85. The molecule has 1 aromatic carbocycles. The Morgan fingerprint density at radius 2 is 1.72 bits per heavy atom. The third-order valence-electron chi connectivity index (χ3n) is 2.65. The van der Waals surface area contributed by atoms with E-state index >= 15 is 0 Å². The lowest BCUT2D eigenvalue weighted by Gasteiger charge is -2.14. The van der Waals surface area contributed by atoms with Gasteiger partial charge in [-0.2, -0.15) is 0 Å². The molecule has 1 aliphatic heterocycles. The van der Waals surface area contributed by atoms with Crippen LogP contribution in [0.25, 0.3) is 0 Å². The summed E-state index contributed by atoms with van der Waals surface area (Å²) in [6, 6.07) is 3.77. The highest BCUT2D eigenvalue weighted by Gasteiger charge is 2.30. The van der Waals surface area contributed by atoms with Crippen molar-refractivity contribution in [3.8, 4) is 0 Å². The summed E-state index contributed by atoms with van der Waals surface area (Å²) in [5.74, 6) is -2.74. The van der Waals surface area contributed by atoms with Crippen LogP contribution in [-0.2, 0) is 4.79 Å². The molecule has 4 N–H and O–H groups in total. The molecule has 0 radical (unpaired) electrons. The van der Waals surface area contributed by atoms with E-state index in [-0.39, 0.29) is 16.7 Å². The van der Waals surface area contributed by atoms with Crippen molar-refractivity contribution in [3.05, 3.63) is 34.9 Å². The first-order chi connectivity index (χ1) is 8.41. The predicted molar refractivity (Wildman–Crippen MR) is 56.8 cm³/mol. The van der Waals surface area contributed by atoms with Crippen molar-refractivity contribution in [2.45, 2.75) is 12.2 Å². The first-order valence-corrected chi connectivity index (χ1v) is 5.00. The molecule has 2 rings (SSSR count). The van der Waals surface area contributed by atoms with Gasteiger partial charge in [0.05, 0.1) is 11.1 Å². The van der Waals surface area contributed by atoms with Crippen LogP contribution in [-0.4, -0.2) is 39.2 Å². The van der Waals surface area contributed by atoms with Crippen molar-refractivity contribution in [2.75, 3.05) is 0 Å². The maximum atomic E-state index is 11.4. The number of carboxylic acid groups (broad SMARTS) is 1. The summed E-state index contributed by atoms with van der Waals surface area (Å²) in [7, 11) is 0. The number of hydrogen-bond acceptors (Lipinski definition) is 5. The number of rotatable bonds is 3. The smallest absolute Gasteiger partial charge is 0.335 e. The number of carbonyl (C=O) groups is 3. The molecule has 0 fully saturated rings. The van der Waals surface area contributed by atoms with E-state index in [2.05, 4.69) is 5.32 Å². The zero-order valence-electron chi connectivity index (χ0n) is 8.95. The normalized spacial score (nSPS) is 17.0. The number of fused-ring (bicyclic) bond motifs is 1. The summed E-state index contributed by atoms with van der Waals surface area (Å²) in [5.41, 5.74) is 0.253. The van der Waals surface area contributed by atoms with Gasteiger partial charge in [-0.1, -0.05) is 6.07 Å². The van der Waals surface area contributed by atoms with E-state index in [1.165, 1.54) is 18.2 Å². The van der Waals surface area contributed by atoms with Gasteiger partial charge in [-0.15, -0.1) is 0 Å². The van der Waals surface area contributed by atoms with Crippen LogP contribution in [0.15, 0.2) is 18.2 Å². The Morgan fingerprint density at radius 1 is 1.11 bits per heavy atom. The van der Waals surface area contributed by atoms with Gasteiger partial charge in [-0.05, 0) is 17.7 Å². The topological polar surface area (TPSA) is 124 Å². The molecule has 7 nitrogen and oxygen atoms in total. The molecule has 1 aliphatic rings. The van der Waals surface area contributed by atoms with Gasteiger partial charge in [0.15, 0.2) is 6.10 Å². The number of nitrogens with one attached hydrogen (secondary N) is 1. The van der Waals surface area contributed by atoms with Crippen molar-refractivity contribution < 1.29 is 29.7 Å². The van der Waals surface area contributed by atoms with Crippen molar-refractivity contribution in [2.24, 2.45) is 0 Å². The van der Waals surface area contributed by atoms with Crippen LogP contribution in [0.4, 0.5) is 0 Å². The van der Waals surface area contributed by atoms with Gasteiger partial charge in [0.1, 0.15) is 6.10 Å². The summed E-state index contributed by atoms with van der Waals surface area (Å²) in [6.45, 7) is 0. The molecule has 1 heterocycles. The third kappa shape index (κ3) is 1.85. The lowest BCUT2D eigenvalue weighted by Crippen LogP contribution is -2.27. The lowest BCUT2D eigenvalue weighted by molar-refractivity contribution is -0.153. The third-order valence-corrected chi connectivity index (χ3v) is 2.65. The predicted octanol–water partition coefficient (Wildman–Crippen LogP) is -0.951. The van der Waals surface area contributed by atoms with Gasteiger partial charge in [0, 0.05) is 0 Å². The standard InChI is InChI=1S/C11H9NO6/c13-7(8(14)11(17)18)4-1-2-5-6(3-4)10(16)12-9(5)15/h1-3,7-8,13-14H,(H,17,18)(H,12,15,16). The molecule has 2 unspecified atom stereocenters. The fourth-order valence-electron chi connectivity index (χ4n) is 1.69. The van der Waals surface area contributed by atoms with E-state index in [0.29, 0.717) is 0 Å². The number of hydrogen-bond donors (Lipinski definition) is 4. The highest BCUT2D eigenvalue weighted by Crippen LogP contribution is 2.23. The summed E-state index contributed by atoms with van der Waals surface area (Å²) in [5, 5.41) is 29.4. The monoisotopic (exact) mass is 251 g/mol. The number of carboxylic acids is 1. The number of aliphatic hydroxyl groups is 2. The van der Waals surface area contributed by atoms with Crippen molar-refractivity contribution >= 4 is 17.8 Å². The van der Waals surface area contributed by atoms with E-state index < -0.39 is 30.0 Å². The Labute approximate surface area is 101 Å². The molecule has 18 heavy (non-hydrogen) atoms. The average Bonchev–Trinajstić information content (AvgIpc) is 2.62. The van der Waals surface area contributed by atoms with E-state index in [0.717, 1.165) is 0 Å². The van der Waals surface area contributed by atoms with Gasteiger partial charge >= 0.3 is 5.97 Å². The highest BCUT2D eigenvalue weighted by molar-refractivity contribution is 6.21. The molecular weight excluding hydrogens is 242 g/mol. The summed E-state index contributed by atoms with van der Waals surface area (Å²) >= 11 is 0. The molecule has 0 saturated heterocycles. The zero-order chi connectivity index (χ0) is 13.4. The number of aliphatic hydroxyl groups excluding tert-OH is 2. The molecule has 7 heteroatoms. The molecule has 0 aliphatic carbocycles. The van der Waals surface area contributed by atoms with Gasteiger partial charge in [-0.25, -0.2) is 4.79 Å². The van der Waals surface area contributed by atoms with Gasteiger partial charge in [-0.3, -0.25) is 14.9 Å². The van der Waals surface area contributed by atoms with Crippen LogP contribution >= 0.6 is 0 Å². The zero-order valence-corrected chi connectivity index (χ0v) is 8.95. The number of benzene rings is 1. The first kappa shape index (κ1) is 12.2. The summed E-state index contributed by atoms with van der Waals surface area (Å²) in [6.07, 6.45) is -3.67. The number of aliphatic carboxylic acids is 1. The van der Waals surface area contributed by atoms with Crippen LogP contribution in [0.3, 0.4) is 0 Å². The molecule has 94 valence electrons. The largest absolute Gasteiger partial charge is 0.479 e. The molecule has 2 amide bonds. The van der Waals surface area contributed by atoms with Crippen molar-refractivity contribution in [3.63, 3.8) is 0 Å². The van der Waals surface area contributed by atoms with Crippen LogP contribution in [0, 0.1) is 0 Å². The maximum absolute atomic E-state index is 11.4. The molecule has 0 spiro atoms. The Hall–Kier alpha value is -2.25. The highest BCUT2D eigenvalue weighted by atomic mass is 16.4. The average molecular weight is 251 g/mol. The van der Waals surface area contributed by atoms with Crippen molar-refractivity contribution in [1.29, 1.82) is 0 Å². The molecule has 0 aromatic heterocycles. The molecular formula is C11H9NO6. The second-order valence-electron chi connectivity index (χ2n) is 3.82. The van der Waals surface area contributed by atoms with E-state index in [1.807, 2.05) is 0 Å². The van der Waals surface area contributed by atoms with Gasteiger partial charge in [0.2, 0.25) is 0 Å². The minimum atomic E-state index is -2.00. The molecule has 0 bridgehead atoms. The van der Waals surface area contributed by atoms with Crippen LogP contribution in [0.2, 0.25) is 0 Å². The van der Waals surface area contributed by atoms with E-state index in [1.54, 1.807) is 0 Å². The minimum absolute atomic E-state index is 0.0495. The van der Waals surface area contributed by atoms with Gasteiger partial charge in [0.25, 0.3) is 11.8 Å². The lowest BCUT2D eigenvalue weighted by atomic mass is 9.99. The Bertz CT molecular complexity index is 552. The maximum Gasteiger partial charge on any atom is 0.335 e. The van der Waals surface area contributed by atoms with Crippen molar-refractivity contribution in [1.82, 2.24) is 5.32 Å². The first-order valence-electron chi connectivity index (χ1n) is 5.00. The fourth-order valence-corrected chi connectivity index (χ4v) is 1.69. The SMILES string of the molecule is O=C1NC(=O)c2cc(C(O)C(O)C(=O)O)ccc21. The summed E-state index contributed by atoms with van der Waals surface area (Å²) < 4.78 is 0. The summed E-state index contributed by atoms with van der Waals surface area (Å²) in [4.78, 5) is 33.1.